The molecule has 0 aliphatic rings. The van der Waals surface area contributed by atoms with E-state index in [1.54, 1.807) is 18.3 Å². The summed E-state index contributed by atoms with van der Waals surface area (Å²) < 4.78 is 28.5. The Balaban J connectivity index is 1.55. The summed E-state index contributed by atoms with van der Waals surface area (Å²) in [6, 6.07) is 15.7. The van der Waals surface area contributed by atoms with Crippen LogP contribution in [0.4, 0.5) is 5.69 Å². The van der Waals surface area contributed by atoms with Gasteiger partial charge in [0.25, 0.3) is 0 Å². The molecule has 0 radical (unpaired) electrons. The lowest BCUT2D eigenvalue weighted by atomic mass is 10.2. The summed E-state index contributed by atoms with van der Waals surface area (Å²) in [5, 5.41) is 2.73. The maximum atomic E-state index is 12.0. The molecular formula is C19H18N2O4S. The van der Waals surface area contributed by atoms with Crippen molar-refractivity contribution < 1.29 is 17.6 Å². The minimum absolute atomic E-state index is 0.198. The summed E-state index contributed by atoms with van der Waals surface area (Å²) in [4.78, 5) is 16.5. The van der Waals surface area contributed by atoms with E-state index < -0.39 is 9.84 Å². The number of sulfone groups is 1. The van der Waals surface area contributed by atoms with Crippen LogP contribution in [0.15, 0.2) is 70.1 Å². The molecule has 26 heavy (non-hydrogen) atoms. The number of carbonyl (C=O) groups is 1. The van der Waals surface area contributed by atoms with E-state index in [1.165, 1.54) is 12.1 Å². The molecule has 0 aliphatic carbocycles. The van der Waals surface area contributed by atoms with Crippen molar-refractivity contribution in [3.63, 3.8) is 0 Å². The number of oxazole rings is 1. The van der Waals surface area contributed by atoms with E-state index in [9.17, 15) is 13.2 Å². The molecule has 0 unspecified atom stereocenters. The number of benzene rings is 2. The van der Waals surface area contributed by atoms with Crippen LogP contribution in [0.1, 0.15) is 12.3 Å². The van der Waals surface area contributed by atoms with Gasteiger partial charge in [-0.25, -0.2) is 13.4 Å². The van der Waals surface area contributed by atoms with Crippen LogP contribution in [0.5, 0.6) is 0 Å². The minimum Gasteiger partial charge on any atom is -0.441 e. The van der Waals surface area contributed by atoms with Crippen LogP contribution in [0, 0.1) is 0 Å². The van der Waals surface area contributed by atoms with E-state index in [1.807, 2.05) is 30.3 Å². The van der Waals surface area contributed by atoms with Crippen molar-refractivity contribution in [3.05, 3.63) is 66.7 Å². The molecule has 0 bridgehead atoms. The highest BCUT2D eigenvalue weighted by molar-refractivity contribution is 7.90. The molecule has 1 heterocycles. The van der Waals surface area contributed by atoms with Crippen LogP contribution in [0.3, 0.4) is 0 Å². The average Bonchev–Trinajstić information content (AvgIpc) is 3.09. The lowest BCUT2D eigenvalue weighted by Crippen LogP contribution is -2.12. The van der Waals surface area contributed by atoms with Gasteiger partial charge in [0, 0.05) is 30.3 Å². The number of aromatic nitrogens is 1. The number of anilines is 1. The highest BCUT2D eigenvalue weighted by atomic mass is 32.2. The number of carbonyl (C=O) groups excluding carboxylic acids is 1. The Hall–Kier alpha value is -2.93. The molecule has 1 N–H and O–H groups in total. The van der Waals surface area contributed by atoms with Crippen LogP contribution in [0.25, 0.3) is 11.3 Å². The lowest BCUT2D eigenvalue weighted by molar-refractivity contribution is -0.116. The van der Waals surface area contributed by atoms with Gasteiger partial charge >= 0.3 is 0 Å². The normalized spacial score (nSPS) is 11.3. The molecule has 0 saturated carbocycles. The van der Waals surface area contributed by atoms with Gasteiger partial charge in [0.2, 0.25) is 5.91 Å². The van der Waals surface area contributed by atoms with Crippen LogP contribution < -0.4 is 5.32 Å². The van der Waals surface area contributed by atoms with Gasteiger partial charge in [0.1, 0.15) is 0 Å². The third-order valence-electron chi connectivity index (χ3n) is 3.74. The molecule has 2 aromatic carbocycles. The molecule has 0 fully saturated rings. The molecular weight excluding hydrogens is 352 g/mol. The third kappa shape index (κ3) is 4.58. The second-order valence-corrected chi connectivity index (χ2v) is 7.84. The Bertz CT molecular complexity index is 994. The van der Waals surface area contributed by atoms with Crippen LogP contribution in [0.2, 0.25) is 0 Å². The van der Waals surface area contributed by atoms with Gasteiger partial charge < -0.3 is 9.73 Å². The van der Waals surface area contributed by atoms with Crippen molar-refractivity contribution in [3.8, 4) is 11.3 Å². The van der Waals surface area contributed by atoms with Crippen LogP contribution in [-0.2, 0) is 21.1 Å². The first kappa shape index (κ1) is 17.9. The first-order chi connectivity index (χ1) is 12.4. The van der Waals surface area contributed by atoms with E-state index in [4.69, 9.17) is 4.42 Å². The van der Waals surface area contributed by atoms with Gasteiger partial charge in [0.15, 0.2) is 21.5 Å². The smallest absolute Gasteiger partial charge is 0.224 e. The first-order valence-electron chi connectivity index (χ1n) is 8.02. The second-order valence-electron chi connectivity index (χ2n) is 5.83. The summed E-state index contributed by atoms with van der Waals surface area (Å²) in [6.07, 6.45) is 3.37. The standard InChI is InChI=1S/C19H18N2O4S/c1-26(23,24)16-9-7-15(8-10-16)21-18(22)11-12-19-20-13-17(25-19)14-5-3-2-4-6-14/h2-10,13H,11-12H2,1H3,(H,21,22). The van der Waals surface area contributed by atoms with E-state index in [-0.39, 0.29) is 17.2 Å². The third-order valence-corrected chi connectivity index (χ3v) is 4.87. The molecule has 7 heteroatoms. The second kappa shape index (κ2) is 7.53. The van der Waals surface area contributed by atoms with Crippen molar-refractivity contribution in [1.82, 2.24) is 4.98 Å². The molecule has 0 atom stereocenters. The van der Waals surface area contributed by atoms with Gasteiger partial charge in [-0.05, 0) is 24.3 Å². The molecule has 3 aromatic rings. The molecule has 134 valence electrons. The Morgan fingerprint density at radius 1 is 1.08 bits per heavy atom. The maximum Gasteiger partial charge on any atom is 0.224 e. The Morgan fingerprint density at radius 3 is 2.42 bits per heavy atom. The Labute approximate surface area is 151 Å². The maximum absolute atomic E-state index is 12.0. The monoisotopic (exact) mass is 370 g/mol. The van der Waals surface area contributed by atoms with E-state index in [2.05, 4.69) is 10.3 Å². The number of nitrogens with one attached hydrogen (secondary N) is 1. The van der Waals surface area contributed by atoms with E-state index >= 15 is 0 Å². The summed E-state index contributed by atoms with van der Waals surface area (Å²) in [6.45, 7) is 0. The van der Waals surface area contributed by atoms with Crippen molar-refractivity contribution >= 4 is 21.4 Å². The quantitative estimate of drug-likeness (QED) is 0.719. The summed E-state index contributed by atoms with van der Waals surface area (Å²) in [7, 11) is -3.25. The predicted octanol–water partition coefficient (Wildman–Crippen LogP) is 3.32. The van der Waals surface area contributed by atoms with Crippen molar-refractivity contribution in [1.29, 1.82) is 0 Å². The van der Waals surface area contributed by atoms with Gasteiger partial charge in [-0.3, -0.25) is 4.79 Å². The molecule has 1 aromatic heterocycles. The minimum atomic E-state index is -3.25. The SMILES string of the molecule is CS(=O)(=O)c1ccc(NC(=O)CCc2ncc(-c3ccccc3)o2)cc1. The van der Waals surface area contributed by atoms with Crippen LogP contribution >= 0.6 is 0 Å². The molecule has 0 saturated heterocycles. The zero-order valence-corrected chi connectivity index (χ0v) is 15.0. The number of hydrogen-bond acceptors (Lipinski definition) is 5. The fourth-order valence-electron chi connectivity index (χ4n) is 2.39. The molecule has 0 spiro atoms. The Morgan fingerprint density at radius 2 is 1.77 bits per heavy atom. The zero-order chi connectivity index (χ0) is 18.6. The van der Waals surface area contributed by atoms with Crippen molar-refractivity contribution in [2.45, 2.75) is 17.7 Å². The fourth-order valence-corrected chi connectivity index (χ4v) is 3.02. The molecule has 6 nitrogen and oxygen atoms in total. The highest BCUT2D eigenvalue weighted by Gasteiger charge is 2.10. The van der Waals surface area contributed by atoms with Gasteiger partial charge in [0.05, 0.1) is 11.1 Å². The largest absolute Gasteiger partial charge is 0.441 e. The van der Waals surface area contributed by atoms with E-state index in [0.717, 1.165) is 11.8 Å². The number of amides is 1. The lowest BCUT2D eigenvalue weighted by Gasteiger charge is -2.05. The van der Waals surface area contributed by atoms with Crippen LogP contribution in [-0.4, -0.2) is 25.6 Å². The number of rotatable bonds is 6. The van der Waals surface area contributed by atoms with Gasteiger partial charge in [-0.2, -0.15) is 0 Å². The Kier molecular flexibility index (Phi) is 5.18. The zero-order valence-electron chi connectivity index (χ0n) is 14.2. The van der Waals surface area contributed by atoms with Gasteiger partial charge in [-0.1, -0.05) is 30.3 Å². The highest BCUT2D eigenvalue weighted by Crippen LogP contribution is 2.20. The van der Waals surface area contributed by atoms with E-state index in [0.29, 0.717) is 23.8 Å². The number of hydrogen-bond donors (Lipinski definition) is 1. The van der Waals surface area contributed by atoms with Crippen molar-refractivity contribution in [2.24, 2.45) is 0 Å². The summed E-state index contributed by atoms with van der Waals surface area (Å²) >= 11 is 0. The van der Waals surface area contributed by atoms with Crippen molar-refractivity contribution in [2.75, 3.05) is 11.6 Å². The summed E-state index contributed by atoms with van der Waals surface area (Å²) in [5.41, 5.74) is 1.47. The molecule has 1 amide bonds. The predicted molar refractivity (Wildman–Crippen MR) is 98.4 cm³/mol. The number of nitrogens with zero attached hydrogens (tertiary/aromatic N) is 1. The first-order valence-corrected chi connectivity index (χ1v) is 9.91. The topological polar surface area (TPSA) is 89.3 Å². The summed E-state index contributed by atoms with van der Waals surface area (Å²) in [5.74, 6) is 0.959. The fraction of sp³-hybridized carbons (Fsp3) is 0.158. The molecule has 3 rings (SSSR count). The van der Waals surface area contributed by atoms with Gasteiger partial charge in [-0.15, -0.1) is 0 Å². The average molecular weight is 370 g/mol. The molecule has 0 aliphatic heterocycles. The number of aryl methyl sites for hydroxylation is 1.